The van der Waals surface area contributed by atoms with Crippen LogP contribution in [0.25, 0.3) is 0 Å². The third-order valence-corrected chi connectivity index (χ3v) is 4.15. The Balaban J connectivity index is 2.13. The number of carbonyl (C=O) groups excluding carboxylic acids is 3. The molecule has 2 aliphatic rings. The molecule has 2 rings (SSSR count). The fourth-order valence-corrected chi connectivity index (χ4v) is 2.79. The van der Waals surface area contributed by atoms with Gasteiger partial charge in [-0.05, 0) is 19.8 Å². The van der Waals surface area contributed by atoms with Gasteiger partial charge in [0.1, 0.15) is 18.1 Å². The van der Waals surface area contributed by atoms with Crippen molar-refractivity contribution in [2.75, 3.05) is 6.54 Å². The lowest BCUT2D eigenvalue weighted by Gasteiger charge is -2.38. The maximum atomic E-state index is 12.3. The Bertz CT molecular complexity index is 484. The first-order valence-corrected chi connectivity index (χ1v) is 7.01. The molecule has 116 valence electrons. The second-order valence-electron chi connectivity index (χ2n) is 5.59. The number of hydrogen-bond donors (Lipinski definition) is 3. The Morgan fingerprint density at radius 2 is 1.90 bits per heavy atom. The summed E-state index contributed by atoms with van der Waals surface area (Å²) in [6, 6.07) is -1.49. The minimum absolute atomic E-state index is 0.256. The smallest absolute Gasteiger partial charge is 0.329 e. The Labute approximate surface area is 121 Å². The number of piperazine rings is 1. The van der Waals surface area contributed by atoms with Crippen LogP contribution in [0.2, 0.25) is 0 Å². The van der Waals surface area contributed by atoms with Crippen LogP contribution in [0.3, 0.4) is 0 Å². The summed E-state index contributed by atoms with van der Waals surface area (Å²) in [6.45, 7) is 1.24. The lowest BCUT2D eigenvalue weighted by Crippen LogP contribution is -2.65. The molecule has 0 aromatic carbocycles. The number of nitrogens with one attached hydrogen (secondary N) is 2. The highest BCUT2D eigenvalue weighted by Gasteiger charge is 2.43. The normalized spacial score (nSPS) is 25.2. The maximum absolute atomic E-state index is 12.3. The molecule has 0 aromatic rings. The van der Waals surface area contributed by atoms with Gasteiger partial charge in [0.25, 0.3) is 0 Å². The lowest BCUT2D eigenvalue weighted by molar-refractivity contribution is -0.146. The van der Waals surface area contributed by atoms with Gasteiger partial charge in [0.15, 0.2) is 0 Å². The number of amides is 4. The Morgan fingerprint density at radius 3 is 2.48 bits per heavy atom. The van der Waals surface area contributed by atoms with Crippen molar-refractivity contribution in [2.24, 2.45) is 0 Å². The molecule has 2 fully saturated rings. The van der Waals surface area contributed by atoms with Crippen LogP contribution in [0.5, 0.6) is 0 Å². The number of aliphatic carboxylic acids is 1. The molecule has 0 radical (unpaired) electrons. The van der Waals surface area contributed by atoms with Gasteiger partial charge in [-0.3, -0.25) is 14.9 Å². The van der Waals surface area contributed by atoms with E-state index in [1.807, 2.05) is 0 Å². The number of carboxylic acid groups (broad SMARTS) is 1. The zero-order valence-electron chi connectivity index (χ0n) is 11.8. The monoisotopic (exact) mass is 297 g/mol. The molecule has 4 amide bonds. The second-order valence-corrected chi connectivity index (χ2v) is 5.59. The highest BCUT2D eigenvalue weighted by molar-refractivity contribution is 6.04. The van der Waals surface area contributed by atoms with Gasteiger partial charge < -0.3 is 15.3 Å². The van der Waals surface area contributed by atoms with E-state index in [-0.39, 0.29) is 6.54 Å². The largest absolute Gasteiger partial charge is 0.480 e. The first-order chi connectivity index (χ1) is 9.85. The molecule has 0 aromatic heterocycles. The van der Waals surface area contributed by atoms with Crippen LogP contribution in [0.1, 0.15) is 39.0 Å². The summed E-state index contributed by atoms with van der Waals surface area (Å²) in [7, 11) is 0. The molecule has 3 N–H and O–H groups in total. The van der Waals surface area contributed by atoms with Crippen LogP contribution < -0.4 is 10.6 Å². The van der Waals surface area contributed by atoms with Crippen molar-refractivity contribution in [3.05, 3.63) is 0 Å². The molecule has 1 unspecified atom stereocenters. The van der Waals surface area contributed by atoms with Gasteiger partial charge in [-0.1, -0.05) is 19.3 Å². The first-order valence-electron chi connectivity index (χ1n) is 7.01. The van der Waals surface area contributed by atoms with Crippen LogP contribution in [0, 0.1) is 0 Å². The molecule has 0 bridgehead atoms. The van der Waals surface area contributed by atoms with E-state index < -0.39 is 35.4 Å². The molecule has 1 aliphatic heterocycles. The topological polar surface area (TPSA) is 116 Å². The quantitative estimate of drug-likeness (QED) is 0.612. The van der Waals surface area contributed by atoms with Gasteiger partial charge in [0.05, 0.1) is 0 Å². The minimum atomic E-state index is -1.30. The summed E-state index contributed by atoms with van der Waals surface area (Å²) >= 11 is 0. The van der Waals surface area contributed by atoms with E-state index in [1.54, 1.807) is 0 Å². The number of nitrogens with zero attached hydrogens (tertiary/aromatic N) is 1. The van der Waals surface area contributed by atoms with E-state index in [4.69, 9.17) is 0 Å². The summed E-state index contributed by atoms with van der Waals surface area (Å²) < 4.78 is 0. The highest BCUT2D eigenvalue weighted by Crippen LogP contribution is 2.29. The van der Waals surface area contributed by atoms with Gasteiger partial charge in [-0.2, -0.15) is 0 Å². The van der Waals surface area contributed by atoms with Crippen LogP contribution in [-0.4, -0.2) is 51.9 Å². The van der Waals surface area contributed by atoms with Crippen molar-refractivity contribution >= 4 is 23.8 Å². The standard InChI is InChI=1S/C13H19N3O5/c1-8-10(18)14-9(17)7-16(8)12(21)15-13(11(19)20)5-3-2-4-6-13/h8H,2-7H2,1H3,(H,15,21)(H,19,20)(H,14,17,18). The first kappa shape index (κ1) is 15.3. The van der Waals surface area contributed by atoms with Crippen molar-refractivity contribution in [2.45, 2.75) is 50.6 Å². The molecule has 8 nitrogen and oxygen atoms in total. The van der Waals surface area contributed by atoms with Crippen molar-refractivity contribution < 1.29 is 24.3 Å². The van der Waals surface area contributed by atoms with E-state index >= 15 is 0 Å². The Kier molecular flexibility index (Phi) is 4.15. The van der Waals surface area contributed by atoms with Crippen molar-refractivity contribution in [3.8, 4) is 0 Å². The predicted octanol–water partition coefficient (Wildman–Crippen LogP) is -0.170. The molecule has 1 saturated carbocycles. The number of imide groups is 1. The molecule has 0 spiro atoms. The van der Waals surface area contributed by atoms with Gasteiger partial charge in [-0.25, -0.2) is 9.59 Å². The number of hydrogen-bond acceptors (Lipinski definition) is 4. The third kappa shape index (κ3) is 2.98. The number of carboxylic acids is 1. The number of rotatable bonds is 2. The molecule has 1 heterocycles. The number of carbonyl (C=O) groups is 4. The van der Waals surface area contributed by atoms with Crippen molar-refractivity contribution in [1.29, 1.82) is 0 Å². The minimum Gasteiger partial charge on any atom is -0.480 e. The van der Waals surface area contributed by atoms with E-state index in [0.29, 0.717) is 12.8 Å². The molecule has 8 heteroatoms. The molecule has 1 saturated heterocycles. The molecule has 1 aliphatic carbocycles. The molecule has 21 heavy (non-hydrogen) atoms. The van der Waals surface area contributed by atoms with E-state index in [1.165, 1.54) is 6.92 Å². The summed E-state index contributed by atoms with van der Waals surface area (Å²) in [5.41, 5.74) is -1.30. The van der Waals surface area contributed by atoms with Gasteiger partial charge >= 0.3 is 12.0 Å². The SMILES string of the molecule is CC1C(=O)NC(=O)CN1C(=O)NC1(C(=O)O)CCCCC1. The average Bonchev–Trinajstić information content (AvgIpc) is 2.43. The zero-order chi connectivity index (χ0) is 15.6. The van der Waals surface area contributed by atoms with Gasteiger partial charge in [-0.15, -0.1) is 0 Å². The summed E-state index contributed by atoms with van der Waals surface area (Å²) in [5, 5.41) is 14.1. The Hall–Kier alpha value is -2.12. The fourth-order valence-electron chi connectivity index (χ4n) is 2.79. The summed E-state index contributed by atoms with van der Waals surface area (Å²) in [6.07, 6.45) is 3.10. The third-order valence-electron chi connectivity index (χ3n) is 4.15. The predicted molar refractivity (Wildman–Crippen MR) is 71.3 cm³/mol. The van der Waals surface area contributed by atoms with Gasteiger partial charge in [0.2, 0.25) is 11.8 Å². The maximum Gasteiger partial charge on any atom is 0.329 e. The summed E-state index contributed by atoms with van der Waals surface area (Å²) in [4.78, 5) is 47.8. The van der Waals surface area contributed by atoms with Crippen molar-refractivity contribution in [3.63, 3.8) is 0 Å². The van der Waals surface area contributed by atoms with Crippen molar-refractivity contribution in [1.82, 2.24) is 15.5 Å². The van der Waals surface area contributed by atoms with E-state index in [9.17, 15) is 24.3 Å². The lowest BCUT2D eigenvalue weighted by atomic mass is 9.82. The van der Waals surface area contributed by atoms with E-state index in [2.05, 4.69) is 10.6 Å². The average molecular weight is 297 g/mol. The molecular weight excluding hydrogens is 278 g/mol. The zero-order valence-corrected chi connectivity index (χ0v) is 11.8. The molecular formula is C13H19N3O5. The van der Waals surface area contributed by atoms with Crippen LogP contribution in [0.4, 0.5) is 4.79 Å². The van der Waals surface area contributed by atoms with Gasteiger partial charge in [0, 0.05) is 0 Å². The second kappa shape index (κ2) is 5.71. The Morgan fingerprint density at radius 1 is 1.29 bits per heavy atom. The molecule has 1 atom stereocenters. The highest BCUT2D eigenvalue weighted by atomic mass is 16.4. The fraction of sp³-hybridized carbons (Fsp3) is 0.692. The van der Waals surface area contributed by atoms with Crippen LogP contribution >= 0.6 is 0 Å². The van der Waals surface area contributed by atoms with Crippen LogP contribution in [0.15, 0.2) is 0 Å². The van der Waals surface area contributed by atoms with Crippen LogP contribution in [-0.2, 0) is 14.4 Å². The van der Waals surface area contributed by atoms with E-state index in [0.717, 1.165) is 24.2 Å². The summed E-state index contributed by atoms with van der Waals surface area (Å²) in [5.74, 6) is -2.20. The number of urea groups is 1.